The van der Waals surface area contributed by atoms with Gasteiger partial charge in [-0.15, -0.1) is 0 Å². The van der Waals surface area contributed by atoms with Crippen molar-refractivity contribution in [3.8, 4) is 0 Å². The van der Waals surface area contributed by atoms with E-state index in [9.17, 15) is 0 Å². The van der Waals surface area contributed by atoms with Crippen molar-refractivity contribution in [1.29, 1.82) is 0 Å². The molecule has 3 heteroatoms. The standard InChI is InChI=1S/C10H17ClN2/c1-8(11)6-12-10-3-5-13-4-2-9(10)7-13/h9-10,12H,1-7H2. The number of hydrogen-bond donors (Lipinski definition) is 1. The second kappa shape index (κ2) is 3.99. The van der Waals surface area contributed by atoms with Crippen molar-refractivity contribution in [2.45, 2.75) is 18.9 Å². The summed E-state index contributed by atoms with van der Waals surface area (Å²) in [6, 6.07) is 0.675. The summed E-state index contributed by atoms with van der Waals surface area (Å²) in [5.41, 5.74) is 0. The summed E-state index contributed by atoms with van der Waals surface area (Å²) >= 11 is 5.73. The second-order valence-electron chi connectivity index (χ2n) is 4.14. The number of nitrogens with one attached hydrogen (secondary N) is 1. The number of halogens is 1. The van der Waals surface area contributed by atoms with Gasteiger partial charge in [0.1, 0.15) is 0 Å². The van der Waals surface area contributed by atoms with Gasteiger partial charge in [-0.3, -0.25) is 0 Å². The normalized spacial score (nSPS) is 37.8. The van der Waals surface area contributed by atoms with Crippen molar-refractivity contribution in [3.63, 3.8) is 0 Å². The highest BCUT2D eigenvalue weighted by atomic mass is 35.5. The van der Waals surface area contributed by atoms with E-state index in [0.29, 0.717) is 6.04 Å². The lowest BCUT2D eigenvalue weighted by Crippen LogP contribution is -2.44. The molecular weight excluding hydrogens is 184 g/mol. The zero-order valence-corrected chi connectivity index (χ0v) is 8.69. The van der Waals surface area contributed by atoms with Crippen LogP contribution in [0.5, 0.6) is 0 Å². The Bertz CT molecular complexity index is 205. The van der Waals surface area contributed by atoms with Crippen LogP contribution >= 0.6 is 11.6 Å². The molecule has 1 N–H and O–H groups in total. The van der Waals surface area contributed by atoms with Gasteiger partial charge in [-0.2, -0.15) is 0 Å². The molecule has 0 spiro atoms. The molecule has 2 fully saturated rings. The van der Waals surface area contributed by atoms with Crippen LogP contribution < -0.4 is 5.32 Å². The van der Waals surface area contributed by atoms with Gasteiger partial charge in [-0.25, -0.2) is 0 Å². The number of hydrogen-bond acceptors (Lipinski definition) is 2. The Hall–Kier alpha value is -0.0500. The minimum atomic E-state index is 0.675. The highest BCUT2D eigenvalue weighted by molar-refractivity contribution is 6.29. The van der Waals surface area contributed by atoms with Crippen LogP contribution in [0.15, 0.2) is 11.6 Å². The molecule has 13 heavy (non-hydrogen) atoms. The molecule has 3 unspecified atom stereocenters. The van der Waals surface area contributed by atoms with E-state index in [4.69, 9.17) is 11.6 Å². The molecule has 2 bridgehead atoms. The largest absolute Gasteiger partial charge is 0.309 e. The van der Waals surface area contributed by atoms with Crippen molar-refractivity contribution < 1.29 is 0 Å². The van der Waals surface area contributed by atoms with E-state index in [1.165, 1.54) is 32.5 Å². The fourth-order valence-electron chi connectivity index (χ4n) is 2.46. The molecule has 2 saturated heterocycles. The smallest absolute Gasteiger partial charge is 0.0310 e. The van der Waals surface area contributed by atoms with Crippen LogP contribution in [0.4, 0.5) is 0 Å². The summed E-state index contributed by atoms with van der Waals surface area (Å²) in [5, 5.41) is 4.21. The molecule has 2 aliphatic heterocycles. The number of nitrogens with zero attached hydrogens (tertiary/aromatic N) is 1. The Balaban J connectivity index is 1.82. The molecule has 0 aromatic rings. The maximum absolute atomic E-state index is 5.73. The molecule has 0 aliphatic carbocycles. The van der Waals surface area contributed by atoms with Crippen molar-refractivity contribution in [2.75, 3.05) is 26.2 Å². The summed E-state index contributed by atoms with van der Waals surface area (Å²) in [5.74, 6) is 0.852. The molecule has 2 rings (SSSR count). The van der Waals surface area contributed by atoms with E-state index in [0.717, 1.165) is 17.5 Å². The Labute approximate surface area is 84.9 Å². The van der Waals surface area contributed by atoms with Crippen molar-refractivity contribution in [2.24, 2.45) is 5.92 Å². The quantitative estimate of drug-likeness (QED) is 0.742. The Morgan fingerprint density at radius 1 is 1.46 bits per heavy atom. The second-order valence-corrected chi connectivity index (χ2v) is 4.68. The minimum Gasteiger partial charge on any atom is -0.309 e. The molecule has 74 valence electrons. The van der Waals surface area contributed by atoms with Crippen LogP contribution in [0.2, 0.25) is 0 Å². The van der Waals surface area contributed by atoms with Crippen LogP contribution in [0.1, 0.15) is 12.8 Å². The number of fused-ring (bicyclic) bond motifs is 2. The third-order valence-electron chi connectivity index (χ3n) is 3.19. The third kappa shape index (κ3) is 2.25. The van der Waals surface area contributed by atoms with Crippen molar-refractivity contribution >= 4 is 11.6 Å². The molecule has 2 nitrogen and oxygen atoms in total. The van der Waals surface area contributed by atoms with Gasteiger partial charge >= 0.3 is 0 Å². The monoisotopic (exact) mass is 200 g/mol. The van der Waals surface area contributed by atoms with E-state index in [1.807, 2.05) is 0 Å². The van der Waals surface area contributed by atoms with Gasteiger partial charge in [-0.05, 0) is 31.8 Å². The van der Waals surface area contributed by atoms with Crippen LogP contribution in [0, 0.1) is 5.92 Å². The summed E-state index contributed by atoms with van der Waals surface area (Å²) in [6.45, 7) is 8.29. The van der Waals surface area contributed by atoms with Gasteiger partial charge in [-0.1, -0.05) is 18.2 Å². The highest BCUT2D eigenvalue weighted by Crippen LogP contribution is 2.26. The van der Waals surface area contributed by atoms with E-state index in [1.54, 1.807) is 0 Å². The van der Waals surface area contributed by atoms with E-state index >= 15 is 0 Å². The lowest BCUT2D eigenvalue weighted by Gasteiger charge is -2.31. The van der Waals surface area contributed by atoms with Crippen molar-refractivity contribution in [1.82, 2.24) is 10.2 Å². The predicted molar refractivity (Wildman–Crippen MR) is 55.9 cm³/mol. The number of rotatable bonds is 3. The van der Waals surface area contributed by atoms with Gasteiger partial charge in [0.2, 0.25) is 0 Å². The van der Waals surface area contributed by atoms with Crippen LogP contribution in [-0.2, 0) is 0 Å². The van der Waals surface area contributed by atoms with Gasteiger partial charge < -0.3 is 10.2 Å². The van der Waals surface area contributed by atoms with E-state index in [-0.39, 0.29) is 0 Å². The predicted octanol–water partition coefficient (Wildman–Crippen LogP) is 1.42. The summed E-state index contributed by atoms with van der Waals surface area (Å²) in [7, 11) is 0. The maximum Gasteiger partial charge on any atom is 0.0310 e. The molecule has 0 amide bonds. The first kappa shape index (κ1) is 9.50. The SMILES string of the molecule is C=C(Cl)CNC1CCN2CCC1C2. The minimum absolute atomic E-state index is 0.675. The van der Waals surface area contributed by atoms with Crippen LogP contribution in [-0.4, -0.2) is 37.1 Å². The summed E-state index contributed by atoms with van der Waals surface area (Å²) < 4.78 is 0. The Morgan fingerprint density at radius 3 is 3.00 bits per heavy atom. The fraction of sp³-hybridized carbons (Fsp3) is 0.800. The fourth-order valence-corrected chi connectivity index (χ4v) is 2.54. The molecular formula is C10H17ClN2. The maximum atomic E-state index is 5.73. The van der Waals surface area contributed by atoms with Crippen LogP contribution in [0.25, 0.3) is 0 Å². The van der Waals surface area contributed by atoms with Gasteiger partial charge in [0.25, 0.3) is 0 Å². The van der Waals surface area contributed by atoms with Crippen molar-refractivity contribution in [3.05, 3.63) is 11.6 Å². The van der Waals surface area contributed by atoms with E-state index in [2.05, 4.69) is 16.8 Å². The molecule has 2 heterocycles. The zero-order chi connectivity index (χ0) is 9.26. The molecule has 0 aromatic carbocycles. The number of piperidine rings is 1. The average molecular weight is 201 g/mol. The van der Waals surface area contributed by atoms with Gasteiger partial charge in [0.15, 0.2) is 0 Å². The Morgan fingerprint density at radius 2 is 2.23 bits per heavy atom. The molecule has 0 saturated carbocycles. The first-order valence-corrected chi connectivity index (χ1v) is 5.42. The zero-order valence-electron chi connectivity index (χ0n) is 7.93. The Kier molecular flexibility index (Phi) is 2.92. The lowest BCUT2D eigenvalue weighted by atomic mass is 9.94. The first-order valence-electron chi connectivity index (χ1n) is 5.05. The third-order valence-corrected chi connectivity index (χ3v) is 3.32. The molecule has 3 atom stereocenters. The summed E-state index contributed by atoms with van der Waals surface area (Å²) in [6.07, 6.45) is 2.63. The topological polar surface area (TPSA) is 15.3 Å². The summed E-state index contributed by atoms with van der Waals surface area (Å²) in [4.78, 5) is 2.55. The van der Waals surface area contributed by atoms with Crippen LogP contribution in [0.3, 0.4) is 0 Å². The molecule has 0 aromatic heterocycles. The lowest BCUT2D eigenvalue weighted by molar-refractivity contribution is 0.224. The average Bonchev–Trinajstić information content (AvgIpc) is 2.47. The molecule has 0 radical (unpaired) electrons. The van der Waals surface area contributed by atoms with Gasteiger partial charge in [0, 0.05) is 24.2 Å². The van der Waals surface area contributed by atoms with E-state index < -0.39 is 0 Å². The highest BCUT2D eigenvalue weighted by Gasteiger charge is 2.33. The molecule has 2 aliphatic rings. The van der Waals surface area contributed by atoms with Gasteiger partial charge in [0.05, 0.1) is 0 Å². The first-order chi connectivity index (χ1) is 6.25.